The Balaban J connectivity index is 3.17. The van der Waals surface area contributed by atoms with Gasteiger partial charge in [0.05, 0.1) is 0 Å². The Bertz CT molecular complexity index is 190. The minimum atomic E-state index is 0.457. The zero-order chi connectivity index (χ0) is 15.3. The van der Waals surface area contributed by atoms with Gasteiger partial charge in [-0.2, -0.15) is 0 Å². The van der Waals surface area contributed by atoms with Crippen LogP contribution in [0.15, 0.2) is 0 Å². The van der Waals surface area contributed by atoms with E-state index in [4.69, 9.17) is 0 Å². The largest absolute Gasteiger partial charge is 0.0654 e. The third-order valence-electron chi connectivity index (χ3n) is 5.01. The second kappa shape index (κ2) is 12.7. The topological polar surface area (TPSA) is 0 Å². The molecular weight excluding hydrogens is 240 g/mol. The van der Waals surface area contributed by atoms with Gasteiger partial charge >= 0.3 is 0 Å². The molecule has 0 aliphatic rings. The van der Waals surface area contributed by atoms with Crippen LogP contribution in [0.25, 0.3) is 0 Å². The highest BCUT2D eigenvalue weighted by molar-refractivity contribution is 4.94. The van der Waals surface area contributed by atoms with Gasteiger partial charge in [0.15, 0.2) is 0 Å². The lowest BCUT2D eigenvalue weighted by atomic mass is 9.77. The lowest BCUT2D eigenvalue weighted by molar-refractivity contribution is 0.339. The Morgan fingerprint density at radius 2 is 0.950 bits per heavy atom. The van der Waals surface area contributed by atoms with E-state index in [0.29, 0.717) is 5.41 Å². The Hall–Kier alpha value is 0. The second-order valence-corrected chi connectivity index (χ2v) is 7.52. The number of rotatable bonds is 14. The molecule has 0 heterocycles. The van der Waals surface area contributed by atoms with Crippen LogP contribution in [0.3, 0.4) is 0 Å². The first-order valence-corrected chi connectivity index (χ1v) is 9.31. The smallest absolute Gasteiger partial charge is 0.0247 e. The molecule has 121 valence electrons. The molecule has 20 heavy (non-hydrogen) atoms. The van der Waals surface area contributed by atoms with E-state index in [1.165, 1.54) is 83.5 Å². The first kappa shape index (κ1) is 20.0. The fourth-order valence-electron chi connectivity index (χ4n) is 2.66. The zero-order valence-corrected chi connectivity index (χ0v) is 15.2. The summed E-state index contributed by atoms with van der Waals surface area (Å²) < 4.78 is 0. The van der Waals surface area contributed by atoms with E-state index < -0.39 is 0 Å². The van der Waals surface area contributed by atoms with E-state index in [9.17, 15) is 0 Å². The fourth-order valence-corrected chi connectivity index (χ4v) is 2.66. The molecule has 0 spiro atoms. The molecule has 0 atom stereocenters. The molecule has 0 aromatic rings. The molecule has 0 fully saturated rings. The summed E-state index contributed by atoms with van der Waals surface area (Å²) in [5.41, 5.74) is 0.457. The molecule has 0 bridgehead atoms. The van der Waals surface area contributed by atoms with Crippen molar-refractivity contribution >= 4 is 0 Å². The fraction of sp³-hybridized carbons (Fsp3) is 0.950. The molecule has 0 saturated heterocycles. The number of hydrogen-bond acceptors (Lipinski definition) is 0. The van der Waals surface area contributed by atoms with Crippen LogP contribution in [-0.4, -0.2) is 0 Å². The Morgan fingerprint density at radius 3 is 1.30 bits per heavy atom. The van der Waals surface area contributed by atoms with Gasteiger partial charge in [-0.1, -0.05) is 112 Å². The van der Waals surface area contributed by atoms with Crippen molar-refractivity contribution in [3.05, 3.63) is 5.92 Å². The van der Waals surface area contributed by atoms with Crippen LogP contribution in [0.5, 0.6) is 0 Å². The summed E-state index contributed by atoms with van der Waals surface area (Å²) in [6, 6.07) is 0. The van der Waals surface area contributed by atoms with Crippen LogP contribution >= 0.6 is 0 Å². The maximum Gasteiger partial charge on any atom is -0.0247 e. The minimum absolute atomic E-state index is 0.457. The van der Waals surface area contributed by atoms with Crippen LogP contribution in [-0.2, 0) is 0 Å². The molecule has 0 aliphatic heterocycles. The molecular formula is C20H41. The predicted octanol–water partition coefficient (Wildman–Crippen LogP) is 7.72. The molecule has 0 amide bonds. The summed E-state index contributed by atoms with van der Waals surface area (Å²) in [6.07, 6.45) is 18.7. The molecule has 1 radical (unpaired) electrons. The summed E-state index contributed by atoms with van der Waals surface area (Å²) >= 11 is 0. The normalized spacial score (nSPS) is 12.3. The summed E-state index contributed by atoms with van der Waals surface area (Å²) in [7, 11) is 0. The van der Waals surface area contributed by atoms with E-state index in [-0.39, 0.29) is 0 Å². The van der Waals surface area contributed by atoms with E-state index in [0.717, 1.165) is 0 Å². The van der Waals surface area contributed by atoms with Crippen LogP contribution in [0.1, 0.15) is 118 Å². The van der Waals surface area contributed by atoms with Gasteiger partial charge in [0, 0.05) is 0 Å². The Labute approximate surface area is 130 Å². The monoisotopic (exact) mass is 281 g/mol. The van der Waals surface area contributed by atoms with Crippen molar-refractivity contribution in [1.29, 1.82) is 0 Å². The first-order chi connectivity index (χ1) is 9.50. The second-order valence-electron chi connectivity index (χ2n) is 7.52. The maximum atomic E-state index is 2.39. The lowest BCUT2D eigenvalue weighted by Gasteiger charge is -2.28. The van der Waals surface area contributed by atoms with Gasteiger partial charge in [-0.05, 0) is 17.8 Å². The molecule has 0 unspecified atom stereocenters. The highest BCUT2D eigenvalue weighted by atomic mass is 14.3. The quantitative estimate of drug-likeness (QED) is 0.286. The van der Waals surface area contributed by atoms with E-state index >= 15 is 0 Å². The molecule has 0 nitrogen and oxygen atoms in total. The molecule has 0 aliphatic carbocycles. The highest BCUT2D eigenvalue weighted by Gasteiger charge is 2.21. The van der Waals surface area contributed by atoms with Gasteiger partial charge in [-0.15, -0.1) is 0 Å². The van der Waals surface area contributed by atoms with Crippen molar-refractivity contribution in [3.63, 3.8) is 0 Å². The molecule has 0 N–H and O–H groups in total. The van der Waals surface area contributed by atoms with Crippen molar-refractivity contribution in [1.82, 2.24) is 0 Å². The zero-order valence-electron chi connectivity index (χ0n) is 15.2. The van der Waals surface area contributed by atoms with Gasteiger partial charge < -0.3 is 0 Å². The van der Waals surface area contributed by atoms with Crippen LogP contribution in [0.4, 0.5) is 0 Å². The van der Waals surface area contributed by atoms with Gasteiger partial charge in [-0.3, -0.25) is 0 Å². The number of hydrogen-bond donors (Lipinski definition) is 0. The van der Waals surface area contributed by atoms with Crippen molar-refractivity contribution in [2.24, 2.45) is 5.41 Å². The van der Waals surface area contributed by atoms with Crippen LogP contribution < -0.4 is 0 Å². The molecule has 0 aromatic heterocycles. The van der Waals surface area contributed by atoms with E-state index in [2.05, 4.69) is 34.6 Å². The summed E-state index contributed by atoms with van der Waals surface area (Å²) in [5, 5.41) is 0. The highest BCUT2D eigenvalue weighted by Crippen LogP contribution is 2.33. The third-order valence-corrected chi connectivity index (χ3v) is 5.01. The molecule has 0 rings (SSSR count). The van der Waals surface area contributed by atoms with Gasteiger partial charge in [-0.25, -0.2) is 0 Å². The van der Waals surface area contributed by atoms with Crippen molar-refractivity contribution in [2.45, 2.75) is 118 Å². The molecule has 0 saturated carbocycles. The Kier molecular flexibility index (Phi) is 12.7. The van der Waals surface area contributed by atoms with Crippen LogP contribution in [0.2, 0.25) is 0 Å². The number of unbranched alkanes of at least 4 members (excludes halogenated alkanes) is 11. The van der Waals surface area contributed by atoms with E-state index in [1.54, 1.807) is 5.92 Å². The summed E-state index contributed by atoms with van der Waals surface area (Å²) in [5.74, 6) is 1.58. The molecule has 0 aromatic carbocycles. The molecule has 0 heteroatoms. The van der Waals surface area contributed by atoms with Gasteiger partial charge in [0.1, 0.15) is 0 Å². The first-order valence-electron chi connectivity index (χ1n) is 9.31. The SMILES string of the molecule is CCCCCCCCCCCCCCC(C)(C)[C](C)C. The van der Waals surface area contributed by atoms with Crippen molar-refractivity contribution in [3.8, 4) is 0 Å². The van der Waals surface area contributed by atoms with Crippen molar-refractivity contribution in [2.75, 3.05) is 0 Å². The Morgan fingerprint density at radius 1 is 0.600 bits per heavy atom. The summed E-state index contributed by atoms with van der Waals surface area (Å²) in [6.45, 7) is 11.6. The summed E-state index contributed by atoms with van der Waals surface area (Å²) in [4.78, 5) is 0. The lowest BCUT2D eigenvalue weighted by Crippen LogP contribution is -2.16. The average Bonchev–Trinajstić information content (AvgIpc) is 2.39. The third kappa shape index (κ3) is 11.8. The minimum Gasteiger partial charge on any atom is -0.0654 e. The van der Waals surface area contributed by atoms with Crippen LogP contribution in [0, 0.1) is 11.3 Å². The van der Waals surface area contributed by atoms with Gasteiger partial charge in [0.25, 0.3) is 0 Å². The van der Waals surface area contributed by atoms with E-state index in [1.807, 2.05) is 0 Å². The standard InChI is InChI=1S/C20H41/c1-6-7-8-9-10-11-12-13-14-15-16-17-18-20(4,5)19(2)3/h6-18H2,1-5H3. The predicted molar refractivity (Wildman–Crippen MR) is 94.1 cm³/mol. The van der Waals surface area contributed by atoms with Gasteiger partial charge in [0.2, 0.25) is 0 Å². The van der Waals surface area contributed by atoms with Crippen molar-refractivity contribution < 1.29 is 0 Å². The average molecular weight is 282 g/mol. The maximum absolute atomic E-state index is 2.39.